The third-order valence-corrected chi connectivity index (χ3v) is 4.85. The number of anilines is 1. The third-order valence-electron chi connectivity index (χ3n) is 4.09. The molecule has 1 aromatic heterocycles. The Balaban J connectivity index is 1.67. The Morgan fingerprint density at radius 1 is 1.00 bits per heavy atom. The number of nitrogens with one attached hydrogen (secondary N) is 1. The number of nitrogens with zero attached hydrogens (tertiary/aromatic N) is 1. The highest BCUT2D eigenvalue weighted by Crippen LogP contribution is 2.29. The van der Waals surface area contributed by atoms with E-state index in [-0.39, 0.29) is 5.56 Å². The molecular weight excluding hydrogens is 392 g/mol. The van der Waals surface area contributed by atoms with E-state index in [0.29, 0.717) is 16.6 Å². The first-order valence-corrected chi connectivity index (χ1v) is 9.65. The number of amides is 1. The first kappa shape index (κ1) is 20.3. The van der Waals surface area contributed by atoms with Gasteiger partial charge in [0.1, 0.15) is 17.1 Å². The van der Waals surface area contributed by atoms with Crippen molar-refractivity contribution in [3.63, 3.8) is 0 Å². The number of methoxy groups -OCH3 is 2. The van der Waals surface area contributed by atoms with Gasteiger partial charge < -0.3 is 14.2 Å². The third kappa shape index (κ3) is 4.72. The van der Waals surface area contributed by atoms with Crippen LogP contribution in [0.2, 0.25) is 0 Å². The molecule has 0 fully saturated rings. The second kappa shape index (κ2) is 9.20. The van der Waals surface area contributed by atoms with Crippen LogP contribution in [-0.4, -0.2) is 37.2 Å². The Morgan fingerprint density at radius 2 is 1.66 bits per heavy atom. The fourth-order valence-electron chi connectivity index (χ4n) is 2.61. The molecule has 0 aliphatic carbocycles. The number of esters is 1. The van der Waals surface area contributed by atoms with Gasteiger partial charge in [-0.15, -0.1) is 11.3 Å². The largest absolute Gasteiger partial charge is 0.496 e. The van der Waals surface area contributed by atoms with Crippen LogP contribution in [-0.2, 0) is 9.53 Å². The summed E-state index contributed by atoms with van der Waals surface area (Å²) in [6.45, 7) is 1.49. The summed E-state index contributed by atoms with van der Waals surface area (Å²) >= 11 is 1.29. The van der Waals surface area contributed by atoms with E-state index in [2.05, 4.69) is 10.3 Å². The molecule has 8 heteroatoms. The average molecular weight is 412 g/mol. The minimum absolute atomic E-state index is 0.123. The molecular formula is C21H20N2O5S. The van der Waals surface area contributed by atoms with Crippen molar-refractivity contribution < 1.29 is 23.8 Å². The van der Waals surface area contributed by atoms with Gasteiger partial charge in [-0.3, -0.25) is 10.1 Å². The van der Waals surface area contributed by atoms with E-state index in [0.717, 1.165) is 11.3 Å². The molecule has 0 saturated carbocycles. The number of rotatable bonds is 7. The van der Waals surface area contributed by atoms with Crippen molar-refractivity contribution in [1.29, 1.82) is 0 Å². The number of ether oxygens (including phenoxy) is 3. The minimum atomic E-state index is -1.04. The Morgan fingerprint density at radius 3 is 2.28 bits per heavy atom. The van der Waals surface area contributed by atoms with Crippen molar-refractivity contribution >= 4 is 28.3 Å². The van der Waals surface area contributed by atoms with E-state index in [9.17, 15) is 9.59 Å². The predicted octanol–water partition coefficient (Wildman–Crippen LogP) is 4.01. The Labute approximate surface area is 172 Å². The van der Waals surface area contributed by atoms with Crippen molar-refractivity contribution in [3.8, 4) is 22.8 Å². The topological polar surface area (TPSA) is 86.8 Å². The van der Waals surface area contributed by atoms with Crippen LogP contribution in [0.15, 0.2) is 53.9 Å². The van der Waals surface area contributed by atoms with Gasteiger partial charge in [0.15, 0.2) is 11.2 Å². The van der Waals surface area contributed by atoms with Gasteiger partial charge in [-0.2, -0.15) is 0 Å². The molecule has 7 nitrogen and oxygen atoms in total. The first-order valence-electron chi connectivity index (χ1n) is 8.77. The zero-order valence-corrected chi connectivity index (χ0v) is 17.0. The van der Waals surface area contributed by atoms with E-state index >= 15 is 0 Å². The molecule has 0 bridgehead atoms. The molecule has 0 radical (unpaired) electrons. The quantitative estimate of drug-likeness (QED) is 0.590. The van der Waals surface area contributed by atoms with Crippen LogP contribution in [0.5, 0.6) is 11.5 Å². The minimum Gasteiger partial charge on any atom is -0.496 e. The van der Waals surface area contributed by atoms with Crippen molar-refractivity contribution in [1.82, 2.24) is 4.98 Å². The van der Waals surface area contributed by atoms with Crippen LogP contribution in [0, 0.1) is 0 Å². The normalized spacial score (nSPS) is 11.4. The summed E-state index contributed by atoms with van der Waals surface area (Å²) in [6.07, 6.45) is -1.04. The zero-order chi connectivity index (χ0) is 20.8. The van der Waals surface area contributed by atoms with Gasteiger partial charge >= 0.3 is 5.97 Å². The van der Waals surface area contributed by atoms with Gasteiger partial charge in [-0.05, 0) is 19.1 Å². The molecule has 0 aliphatic heterocycles. The predicted molar refractivity (Wildman–Crippen MR) is 111 cm³/mol. The van der Waals surface area contributed by atoms with Gasteiger partial charge in [0, 0.05) is 10.9 Å². The van der Waals surface area contributed by atoms with E-state index in [1.165, 1.54) is 32.5 Å². The molecule has 1 amide bonds. The molecule has 2 aromatic carbocycles. The van der Waals surface area contributed by atoms with Gasteiger partial charge in [0.2, 0.25) is 0 Å². The molecule has 0 saturated heterocycles. The molecule has 1 N–H and O–H groups in total. The number of thiazole rings is 1. The lowest BCUT2D eigenvalue weighted by atomic mass is 10.1. The second-order valence-electron chi connectivity index (χ2n) is 5.98. The molecule has 1 atom stereocenters. The fourth-order valence-corrected chi connectivity index (χ4v) is 3.33. The van der Waals surface area contributed by atoms with E-state index in [1.807, 2.05) is 35.7 Å². The van der Waals surface area contributed by atoms with Crippen LogP contribution in [0.3, 0.4) is 0 Å². The Hall–Kier alpha value is -3.39. The van der Waals surface area contributed by atoms with E-state index < -0.39 is 18.0 Å². The van der Waals surface area contributed by atoms with Gasteiger partial charge in [0.25, 0.3) is 5.91 Å². The summed E-state index contributed by atoms with van der Waals surface area (Å²) in [5.41, 5.74) is 1.83. The highest BCUT2D eigenvalue weighted by atomic mass is 32.1. The maximum absolute atomic E-state index is 12.6. The summed E-state index contributed by atoms with van der Waals surface area (Å²) in [7, 11) is 2.88. The van der Waals surface area contributed by atoms with Crippen molar-refractivity contribution in [2.45, 2.75) is 13.0 Å². The van der Waals surface area contributed by atoms with Gasteiger partial charge in [-0.25, -0.2) is 9.78 Å². The number of carbonyl (C=O) groups is 2. The standard InChI is InChI=1S/C21H20N2O5S/c1-13(28-20(25)18-16(26-2)10-7-11-17(18)27-3)19(24)23-21-22-15(12-29-21)14-8-5-4-6-9-14/h4-13H,1-3H3,(H,22,23,24). The summed E-state index contributed by atoms with van der Waals surface area (Å²) in [5.74, 6) is -0.601. The van der Waals surface area contributed by atoms with Crippen LogP contribution >= 0.6 is 11.3 Å². The van der Waals surface area contributed by atoms with Gasteiger partial charge in [0.05, 0.1) is 19.9 Å². The second-order valence-corrected chi connectivity index (χ2v) is 6.84. The lowest BCUT2D eigenvalue weighted by molar-refractivity contribution is -0.123. The Kier molecular flexibility index (Phi) is 6.46. The molecule has 3 rings (SSSR count). The van der Waals surface area contributed by atoms with E-state index in [4.69, 9.17) is 14.2 Å². The molecule has 1 unspecified atom stereocenters. The number of benzene rings is 2. The van der Waals surface area contributed by atoms with Crippen molar-refractivity contribution in [2.75, 3.05) is 19.5 Å². The maximum atomic E-state index is 12.6. The molecule has 0 aliphatic rings. The highest BCUT2D eigenvalue weighted by Gasteiger charge is 2.25. The summed E-state index contributed by atoms with van der Waals surface area (Å²) in [5, 5.41) is 4.95. The van der Waals surface area contributed by atoms with Gasteiger partial charge in [-0.1, -0.05) is 36.4 Å². The molecule has 3 aromatic rings. The lowest BCUT2D eigenvalue weighted by Gasteiger charge is -2.15. The average Bonchev–Trinajstić information content (AvgIpc) is 3.22. The number of hydrogen-bond donors (Lipinski definition) is 1. The maximum Gasteiger partial charge on any atom is 0.346 e. The summed E-state index contributed by atoms with van der Waals surface area (Å²) < 4.78 is 15.7. The van der Waals surface area contributed by atoms with Crippen molar-refractivity contribution in [3.05, 3.63) is 59.5 Å². The first-order chi connectivity index (χ1) is 14.0. The number of carbonyl (C=O) groups excluding carboxylic acids is 2. The van der Waals surface area contributed by atoms with Crippen LogP contribution in [0.1, 0.15) is 17.3 Å². The van der Waals surface area contributed by atoms with Crippen LogP contribution < -0.4 is 14.8 Å². The van der Waals surface area contributed by atoms with Crippen molar-refractivity contribution in [2.24, 2.45) is 0 Å². The molecule has 0 spiro atoms. The summed E-state index contributed by atoms with van der Waals surface area (Å²) in [4.78, 5) is 29.4. The number of hydrogen-bond acceptors (Lipinski definition) is 7. The highest BCUT2D eigenvalue weighted by molar-refractivity contribution is 7.14. The smallest absolute Gasteiger partial charge is 0.346 e. The summed E-state index contributed by atoms with van der Waals surface area (Å²) in [6, 6.07) is 14.6. The SMILES string of the molecule is COc1cccc(OC)c1C(=O)OC(C)C(=O)Nc1nc(-c2ccccc2)cs1. The van der Waals surface area contributed by atoms with E-state index in [1.54, 1.807) is 18.2 Å². The molecule has 150 valence electrons. The zero-order valence-electron chi connectivity index (χ0n) is 16.2. The lowest BCUT2D eigenvalue weighted by Crippen LogP contribution is -2.30. The van der Waals surface area contributed by atoms with Crippen LogP contribution in [0.4, 0.5) is 5.13 Å². The van der Waals surface area contributed by atoms with Crippen LogP contribution in [0.25, 0.3) is 11.3 Å². The fraction of sp³-hybridized carbons (Fsp3) is 0.190. The molecule has 1 heterocycles. The monoisotopic (exact) mass is 412 g/mol. The number of aromatic nitrogens is 1. The molecule has 29 heavy (non-hydrogen) atoms. The Bertz CT molecular complexity index is 981.